The number of hydrogen-bond donors (Lipinski definition) is 4. The minimum absolute atomic E-state index is 0.0346. The molecular weight excluding hydrogens is 601 g/mol. The van der Waals surface area contributed by atoms with Crippen LogP contribution in [0.2, 0.25) is 0 Å². The fourth-order valence-corrected chi connectivity index (χ4v) is 6.26. The highest BCUT2D eigenvalue weighted by Crippen LogP contribution is 2.33. The Kier molecular flexibility index (Phi) is 8.86. The Morgan fingerprint density at radius 3 is 2.51 bits per heavy atom. The average molecular weight is 640 g/mol. The van der Waals surface area contributed by atoms with Crippen molar-refractivity contribution in [2.75, 3.05) is 58.3 Å². The number of benzene rings is 3. The number of carbonyl (C=O) groups excluding carboxylic acids is 1. The van der Waals surface area contributed by atoms with E-state index in [9.17, 15) is 20.1 Å². The van der Waals surface area contributed by atoms with Gasteiger partial charge < -0.3 is 44.1 Å². The van der Waals surface area contributed by atoms with E-state index >= 15 is 0 Å². The number of aromatic nitrogens is 1. The van der Waals surface area contributed by atoms with Crippen LogP contribution in [0.5, 0.6) is 5.88 Å². The van der Waals surface area contributed by atoms with Gasteiger partial charge in [0.25, 0.3) is 0 Å². The Morgan fingerprint density at radius 2 is 1.77 bits per heavy atom. The lowest BCUT2D eigenvalue weighted by molar-refractivity contribution is -0.207. The number of aromatic hydroxyl groups is 1. The van der Waals surface area contributed by atoms with Crippen LogP contribution in [-0.4, -0.2) is 127 Å². The van der Waals surface area contributed by atoms with Crippen molar-refractivity contribution in [2.24, 2.45) is 4.99 Å². The molecule has 0 saturated carbocycles. The Bertz CT molecular complexity index is 1760. The van der Waals surface area contributed by atoms with Gasteiger partial charge in [0, 0.05) is 55.4 Å². The van der Waals surface area contributed by atoms with Crippen LogP contribution >= 0.6 is 0 Å². The van der Waals surface area contributed by atoms with E-state index in [0.29, 0.717) is 34.5 Å². The molecule has 1 unspecified atom stereocenters. The minimum Gasteiger partial charge on any atom is -0.494 e. The predicted molar refractivity (Wildman–Crippen MR) is 179 cm³/mol. The quantitative estimate of drug-likeness (QED) is 0.175. The second kappa shape index (κ2) is 13.2. The Balaban J connectivity index is 1.15. The van der Waals surface area contributed by atoms with E-state index in [2.05, 4.69) is 21.8 Å². The summed E-state index contributed by atoms with van der Waals surface area (Å²) in [5, 5.41) is 32.3. The van der Waals surface area contributed by atoms with E-state index in [0.717, 1.165) is 42.8 Å². The van der Waals surface area contributed by atoms with Gasteiger partial charge in [-0.1, -0.05) is 42.5 Å². The van der Waals surface area contributed by atoms with E-state index in [1.165, 1.54) is 0 Å². The molecule has 0 aliphatic carbocycles. The molecule has 12 nitrogen and oxygen atoms in total. The highest BCUT2D eigenvalue weighted by atomic mass is 16.8. The van der Waals surface area contributed by atoms with Crippen molar-refractivity contribution in [2.45, 2.75) is 24.6 Å². The number of nitrogens with zero attached hydrogens (tertiary/aromatic N) is 4. The molecule has 1 aromatic heterocycles. The second-order valence-corrected chi connectivity index (χ2v) is 12.4. The van der Waals surface area contributed by atoms with Crippen LogP contribution < -0.4 is 10.4 Å². The highest BCUT2D eigenvalue weighted by molar-refractivity contribution is 6.62. The van der Waals surface area contributed by atoms with E-state index in [1.54, 1.807) is 11.9 Å². The molecule has 4 atom stereocenters. The van der Waals surface area contributed by atoms with Gasteiger partial charge in [-0.15, -0.1) is 0 Å². The van der Waals surface area contributed by atoms with Gasteiger partial charge >= 0.3 is 7.12 Å². The fourth-order valence-electron chi connectivity index (χ4n) is 6.26. The lowest BCUT2D eigenvalue weighted by Crippen LogP contribution is -2.51. The third-order valence-corrected chi connectivity index (χ3v) is 9.13. The normalized spacial score (nSPS) is 24.1. The molecular formula is C34H38BN5O7. The SMILES string of the molecule is CN1CCN(CC(=O)N(C)c2ccc(N=C(c3ccccc3)c3c(O)[nH]c4cc(B5OC6OC[C@@H](O)[C@@H](O)[C@@H]6O5)ccc34)cc2)CC1. The predicted octanol–water partition coefficient (Wildman–Crippen LogP) is 1.44. The van der Waals surface area contributed by atoms with E-state index in [4.69, 9.17) is 19.0 Å². The first kappa shape index (κ1) is 31.5. The van der Waals surface area contributed by atoms with Crippen molar-refractivity contribution in [1.29, 1.82) is 0 Å². The number of aliphatic hydroxyl groups is 2. The van der Waals surface area contributed by atoms with Crippen molar-refractivity contribution < 1.29 is 34.2 Å². The summed E-state index contributed by atoms with van der Waals surface area (Å²) in [5.74, 6) is -0.0123. The zero-order chi connectivity index (χ0) is 32.7. The number of fused-ring (bicyclic) bond motifs is 2. The number of aliphatic imine (C=N–C) groups is 1. The van der Waals surface area contributed by atoms with Crippen molar-refractivity contribution in [3.05, 3.63) is 83.9 Å². The van der Waals surface area contributed by atoms with Crippen molar-refractivity contribution >= 4 is 46.5 Å². The zero-order valence-corrected chi connectivity index (χ0v) is 26.3. The molecule has 13 heteroatoms. The van der Waals surface area contributed by atoms with Gasteiger partial charge in [0.1, 0.15) is 18.3 Å². The van der Waals surface area contributed by atoms with Crippen molar-refractivity contribution in [3.63, 3.8) is 0 Å². The number of H-pyrrole nitrogens is 1. The van der Waals surface area contributed by atoms with Crippen LogP contribution in [0.1, 0.15) is 11.1 Å². The van der Waals surface area contributed by atoms with E-state index in [-0.39, 0.29) is 18.4 Å². The van der Waals surface area contributed by atoms with Crippen molar-refractivity contribution in [1.82, 2.24) is 14.8 Å². The summed E-state index contributed by atoms with van der Waals surface area (Å²) in [6.07, 6.45) is -3.78. The lowest BCUT2D eigenvalue weighted by atomic mass is 9.79. The maximum absolute atomic E-state index is 13.0. The molecule has 4 N–H and O–H groups in total. The molecule has 3 aliphatic rings. The van der Waals surface area contributed by atoms with Gasteiger partial charge in [0.05, 0.1) is 30.1 Å². The summed E-state index contributed by atoms with van der Waals surface area (Å²) in [6.45, 7) is 4.00. The number of piperazine rings is 1. The molecule has 47 heavy (non-hydrogen) atoms. The van der Waals surface area contributed by atoms with Crippen LogP contribution in [0.15, 0.2) is 77.8 Å². The molecule has 3 fully saturated rings. The van der Waals surface area contributed by atoms with Crippen LogP contribution in [-0.2, 0) is 18.8 Å². The van der Waals surface area contributed by atoms with Gasteiger partial charge in [-0.05, 0) is 42.8 Å². The molecule has 3 aliphatic heterocycles. The topological polar surface area (TPSA) is 143 Å². The number of likely N-dealkylation sites (N-methyl/N-ethyl adjacent to an activating group) is 2. The molecule has 3 saturated heterocycles. The van der Waals surface area contributed by atoms with Crippen LogP contribution in [0.4, 0.5) is 11.4 Å². The van der Waals surface area contributed by atoms with Crippen LogP contribution in [0.3, 0.4) is 0 Å². The second-order valence-electron chi connectivity index (χ2n) is 12.4. The number of hydrogen-bond acceptors (Lipinski definition) is 10. The molecule has 0 radical (unpaired) electrons. The maximum Gasteiger partial charge on any atom is 0.496 e. The minimum atomic E-state index is -1.12. The van der Waals surface area contributed by atoms with E-state index < -0.39 is 31.7 Å². The third kappa shape index (κ3) is 6.43. The number of nitrogens with one attached hydrogen (secondary N) is 1. The molecule has 3 aromatic carbocycles. The molecule has 4 heterocycles. The van der Waals surface area contributed by atoms with Crippen LogP contribution in [0.25, 0.3) is 10.9 Å². The largest absolute Gasteiger partial charge is 0.496 e. The number of aromatic amines is 1. The smallest absolute Gasteiger partial charge is 0.494 e. The van der Waals surface area contributed by atoms with Gasteiger partial charge in [-0.2, -0.15) is 0 Å². The fraction of sp³-hybridized carbons (Fsp3) is 0.353. The first-order chi connectivity index (χ1) is 22.7. The standard InChI is InChI=1S/C34H38BN5O7/c1-38-14-16-40(17-15-38)19-28(42)39(2)24-11-9-23(10-12-24)36-30(21-6-4-3-5-7-21)29-25-13-8-22(18-26(25)37-33(29)44)35-46-32-31(43)27(41)20-45-34(32)47-35/h3-13,18,27,31-32,34,37,41,43-44H,14-17,19-20H2,1-2H3/t27-,31-,32+,34?/m1/s1. The average Bonchev–Trinajstić information content (AvgIpc) is 3.67. The lowest BCUT2D eigenvalue weighted by Gasteiger charge is -2.32. The zero-order valence-electron chi connectivity index (χ0n) is 26.3. The van der Waals surface area contributed by atoms with Crippen molar-refractivity contribution in [3.8, 4) is 5.88 Å². The first-order valence-corrected chi connectivity index (χ1v) is 15.8. The summed E-state index contributed by atoms with van der Waals surface area (Å²) >= 11 is 0. The van der Waals surface area contributed by atoms with Gasteiger partial charge in [0.15, 0.2) is 12.2 Å². The van der Waals surface area contributed by atoms with E-state index in [1.807, 2.05) is 72.8 Å². The summed E-state index contributed by atoms with van der Waals surface area (Å²) in [7, 11) is 3.06. The Hall–Kier alpha value is -4.08. The number of carbonyl (C=O) groups is 1. The number of amides is 1. The summed E-state index contributed by atoms with van der Waals surface area (Å²) < 4.78 is 17.3. The van der Waals surface area contributed by atoms with Gasteiger partial charge in [0.2, 0.25) is 5.91 Å². The highest BCUT2D eigenvalue weighted by Gasteiger charge is 2.50. The number of ether oxygens (including phenoxy) is 1. The first-order valence-electron chi connectivity index (χ1n) is 15.8. The van der Waals surface area contributed by atoms with Crippen LogP contribution in [0, 0.1) is 0 Å². The summed E-state index contributed by atoms with van der Waals surface area (Å²) in [4.78, 5) is 27.2. The van der Waals surface area contributed by atoms with Gasteiger partial charge in [-0.3, -0.25) is 9.69 Å². The van der Waals surface area contributed by atoms with Gasteiger partial charge in [-0.25, -0.2) is 4.99 Å². The summed E-state index contributed by atoms with van der Waals surface area (Å²) in [6, 6.07) is 22.6. The molecule has 0 bridgehead atoms. The Labute approximate surface area is 272 Å². The summed E-state index contributed by atoms with van der Waals surface area (Å²) in [5.41, 5.74) is 4.64. The molecule has 4 aromatic rings. The third-order valence-electron chi connectivity index (χ3n) is 9.13. The number of aliphatic hydroxyl groups excluding tert-OH is 2. The number of anilines is 1. The number of rotatable bonds is 7. The molecule has 244 valence electrons. The molecule has 1 amide bonds. The monoisotopic (exact) mass is 639 g/mol. The Morgan fingerprint density at radius 1 is 1.02 bits per heavy atom. The maximum atomic E-state index is 13.0. The molecule has 7 rings (SSSR count). The molecule has 0 spiro atoms.